The first-order chi connectivity index (χ1) is 11.6. The molecule has 0 saturated carbocycles. The number of nitrogens with zero attached hydrogens (tertiary/aromatic N) is 1. The lowest BCUT2D eigenvalue weighted by Gasteiger charge is -2.24. The Morgan fingerprint density at radius 1 is 1.04 bits per heavy atom. The van der Waals surface area contributed by atoms with Crippen LogP contribution < -0.4 is 0 Å². The molecule has 1 N–H and O–H groups in total. The minimum atomic E-state index is -4.01. The average molecular weight is 423 g/mol. The highest BCUT2D eigenvalue weighted by Gasteiger charge is 2.33. The van der Waals surface area contributed by atoms with E-state index in [1.165, 1.54) is 37.4 Å². The summed E-state index contributed by atoms with van der Waals surface area (Å²) in [5.41, 5.74) is 0.517. The number of hydrogen-bond donors (Lipinski definition) is 1. The third kappa shape index (κ3) is 4.86. The number of hydrogen-bond acceptors (Lipinski definition) is 3. The summed E-state index contributed by atoms with van der Waals surface area (Å²) in [6.45, 7) is 0. The molecule has 0 fully saturated rings. The van der Waals surface area contributed by atoms with Gasteiger partial charge in [-0.3, -0.25) is 4.79 Å². The molecule has 0 aliphatic heterocycles. The number of carbonyl (C=O) groups is 1. The first-order valence-electron chi connectivity index (χ1n) is 7.02. The van der Waals surface area contributed by atoms with E-state index < -0.39 is 22.0 Å². The zero-order chi connectivity index (χ0) is 18.8. The highest BCUT2D eigenvalue weighted by molar-refractivity contribution is 7.89. The quantitative estimate of drug-likeness (QED) is 0.764. The number of aliphatic carboxylic acids is 1. The minimum Gasteiger partial charge on any atom is -0.480 e. The number of carboxylic acid groups (broad SMARTS) is 1. The number of benzene rings is 2. The van der Waals surface area contributed by atoms with E-state index in [0.29, 0.717) is 20.6 Å². The molecule has 0 aromatic heterocycles. The first-order valence-corrected chi connectivity index (χ1v) is 9.60. The second kappa shape index (κ2) is 7.93. The van der Waals surface area contributed by atoms with Gasteiger partial charge in [0.2, 0.25) is 10.0 Å². The molecule has 0 aliphatic rings. The number of rotatable bonds is 6. The van der Waals surface area contributed by atoms with Gasteiger partial charge in [0.1, 0.15) is 6.04 Å². The second-order valence-corrected chi connectivity index (χ2v) is 8.62. The number of likely N-dealkylation sites (N-methyl/N-ethyl adjacent to an activating group) is 1. The SMILES string of the molecule is CN([C@H](Cc1cc(Cl)cc(Cl)c1)C(=O)O)S(=O)(=O)c1ccc(Cl)cc1. The van der Waals surface area contributed by atoms with Gasteiger partial charge in [0, 0.05) is 22.1 Å². The van der Waals surface area contributed by atoms with Gasteiger partial charge < -0.3 is 5.11 Å². The summed E-state index contributed by atoms with van der Waals surface area (Å²) in [6.07, 6.45) is -0.0844. The van der Waals surface area contributed by atoms with E-state index in [2.05, 4.69) is 0 Å². The third-order valence-corrected chi connectivity index (χ3v) is 6.14. The monoisotopic (exact) mass is 421 g/mol. The van der Waals surface area contributed by atoms with Crippen molar-refractivity contribution in [3.05, 3.63) is 63.1 Å². The van der Waals surface area contributed by atoms with Gasteiger partial charge in [-0.15, -0.1) is 0 Å². The van der Waals surface area contributed by atoms with Crippen molar-refractivity contribution < 1.29 is 18.3 Å². The summed E-state index contributed by atoms with van der Waals surface area (Å²) in [5, 5.41) is 10.6. The molecule has 2 rings (SSSR count). The fourth-order valence-corrected chi connectivity index (χ4v) is 4.27. The summed E-state index contributed by atoms with van der Waals surface area (Å²) in [4.78, 5) is 11.6. The van der Waals surface area contributed by atoms with E-state index in [-0.39, 0.29) is 11.3 Å². The smallest absolute Gasteiger partial charge is 0.322 e. The lowest BCUT2D eigenvalue weighted by Crippen LogP contribution is -2.43. The number of sulfonamides is 1. The van der Waals surface area contributed by atoms with E-state index in [0.717, 1.165) is 4.31 Å². The molecule has 0 aliphatic carbocycles. The first kappa shape index (κ1) is 20.0. The molecule has 0 saturated heterocycles. The maximum atomic E-state index is 12.7. The Labute approximate surface area is 160 Å². The van der Waals surface area contributed by atoms with Gasteiger partial charge in [-0.05, 0) is 54.4 Å². The van der Waals surface area contributed by atoms with Gasteiger partial charge in [0.15, 0.2) is 0 Å². The van der Waals surface area contributed by atoms with Crippen LogP contribution in [0.4, 0.5) is 0 Å². The largest absolute Gasteiger partial charge is 0.480 e. The Hall–Kier alpha value is -1.31. The minimum absolute atomic E-state index is 0.0465. The van der Waals surface area contributed by atoms with Crippen LogP contribution in [0.5, 0.6) is 0 Å². The van der Waals surface area contributed by atoms with Gasteiger partial charge in [-0.25, -0.2) is 8.42 Å². The van der Waals surface area contributed by atoms with Gasteiger partial charge in [-0.1, -0.05) is 34.8 Å². The van der Waals surface area contributed by atoms with Crippen molar-refractivity contribution >= 4 is 50.8 Å². The summed E-state index contributed by atoms with van der Waals surface area (Å²) >= 11 is 17.6. The molecule has 9 heteroatoms. The molecule has 0 bridgehead atoms. The number of halogens is 3. The summed E-state index contributed by atoms with van der Waals surface area (Å²) in [5.74, 6) is -1.28. The van der Waals surface area contributed by atoms with E-state index in [1.807, 2.05) is 0 Å². The van der Waals surface area contributed by atoms with E-state index in [1.54, 1.807) is 12.1 Å². The van der Waals surface area contributed by atoms with Crippen molar-refractivity contribution in [3.8, 4) is 0 Å². The van der Waals surface area contributed by atoms with Crippen molar-refractivity contribution in [2.45, 2.75) is 17.4 Å². The molecule has 2 aromatic carbocycles. The van der Waals surface area contributed by atoms with Crippen LogP contribution in [0.15, 0.2) is 47.4 Å². The summed E-state index contributed by atoms with van der Waals surface area (Å²) < 4.78 is 26.2. The van der Waals surface area contributed by atoms with Crippen LogP contribution in [0.2, 0.25) is 15.1 Å². The highest BCUT2D eigenvalue weighted by Crippen LogP contribution is 2.24. The number of carboxylic acids is 1. The van der Waals surface area contributed by atoms with Crippen molar-refractivity contribution in [3.63, 3.8) is 0 Å². The molecule has 5 nitrogen and oxygen atoms in total. The van der Waals surface area contributed by atoms with Gasteiger partial charge in [0.05, 0.1) is 4.90 Å². The second-order valence-electron chi connectivity index (χ2n) is 5.31. The Morgan fingerprint density at radius 3 is 2.04 bits per heavy atom. The maximum Gasteiger partial charge on any atom is 0.322 e. The zero-order valence-corrected chi connectivity index (χ0v) is 16.1. The topological polar surface area (TPSA) is 74.7 Å². The predicted octanol–water partition coefficient (Wildman–Crippen LogP) is 3.96. The molecule has 25 heavy (non-hydrogen) atoms. The van der Waals surface area contributed by atoms with Crippen LogP contribution in [0, 0.1) is 0 Å². The predicted molar refractivity (Wildman–Crippen MR) is 98.0 cm³/mol. The molecule has 134 valence electrons. The maximum absolute atomic E-state index is 12.7. The van der Waals surface area contributed by atoms with Gasteiger partial charge in [0.25, 0.3) is 0 Å². The van der Waals surface area contributed by atoms with Crippen molar-refractivity contribution in [2.75, 3.05) is 7.05 Å². The molecular formula is C16H14Cl3NO4S. The van der Waals surface area contributed by atoms with Crippen LogP contribution in [0.3, 0.4) is 0 Å². The molecule has 0 heterocycles. The third-order valence-electron chi connectivity index (χ3n) is 3.57. The van der Waals surface area contributed by atoms with Crippen LogP contribution in [-0.2, 0) is 21.2 Å². The lowest BCUT2D eigenvalue weighted by molar-refractivity contribution is -0.141. The summed E-state index contributed by atoms with van der Waals surface area (Å²) in [7, 11) is -2.80. The fourth-order valence-electron chi connectivity index (χ4n) is 2.26. The Balaban J connectivity index is 2.35. The van der Waals surface area contributed by atoms with Crippen LogP contribution in [-0.4, -0.2) is 36.9 Å². The molecule has 2 aromatic rings. The standard InChI is InChI=1S/C16H14Cl3NO4S/c1-20(25(23,24)14-4-2-11(17)3-5-14)15(16(21)22)8-10-6-12(18)9-13(19)7-10/h2-7,9,15H,8H2,1H3,(H,21,22)/t15-/m1/s1. The van der Waals surface area contributed by atoms with Crippen LogP contribution in [0.1, 0.15) is 5.56 Å². The molecular weight excluding hydrogens is 409 g/mol. The van der Waals surface area contributed by atoms with E-state index >= 15 is 0 Å². The van der Waals surface area contributed by atoms with Gasteiger partial charge >= 0.3 is 5.97 Å². The Kier molecular flexibility index (Phi) is 6.35. The normalized spacial score (nSPS) is 13.0. The molecule has 0 radical (unpaired) electrons. The fraction of sp³-hybridized carbons (Fsp3) is 0.188. The van der Waals surface area contributed by atoms with Gasteiger partial charge in [-0.2, -0.15) is 4.31 Å². The van der Waals surface area contributed by atoms with E-state index in [4.69, 9.17) is 34.8 Å². The van der Waals surface area contributed by atoms with Crippen LogP contribution >= 0.6 is 34.8 Å². The molecule has 0 amide bonds. The van der Waals surface area contributed by atoms with Crippen molar-refractivity contribution in [2.24, 2.45) is 0 Å². The Bertz CT molecular complexity index is 865. The zero-order valence-electron chi connectivity index (χ0n) is 13.0. The van der Waals surface area contributed by atoms with Crippen molar-refractivity contribution in [1.29, 1.82) is 0 Å². The average Bonchev–Trinajstić information content (AvgIpc) is 2.51. The van der Waals surface area contributed by atoms with Crippen LogP contribution in [0.25, 0.3) is 0 Å². The summed E-state index contributed by atoms with van der Waals surface area (Å²) in [6, 6.07) is 8.78. The molecule has 1 atom stereocenters. The molecule has 0 unspecified atom stereocenters. The van der Waals surface area contributed by atoms with E-state index in [9.17, 15) is 18.3 Å². The molecule has 0 spiro atoms. The van der Waals surface area contributed by atoms with Crippen molar-refractivity contribution in [1.82, 2.24) is 4.31 Å². The Morgan fingerprint density at radius 2 is 1.56 bits per heavy atom. The highest BCUT2D eigenvalue weighted by atomic mass is 35.5. The lowest BCUT2D eigenvalue weighted by atomic mass is 10.1.